The van der Waals surface area contributed by atoms with Crippen LogP contribution in [-0.2, 0) is 5.41 Å². The van der Waals surface area contributed by atoms with Crippen LogP contribution in [0.2, 0.25) is 0 Å². The molecule has 0 aliphatic carbocycles. The Labute approximate surface area is 113 Å². The van der Waals surface area contributed by atoms with Crippen LogP contribution in [0.15, 0.2) is 48.5 Å². The summed E-state index contributed by atoms with van der Waals surface area (Å²) in [6.07, 6.45) is 0. The van der Waals surface area contributed by atoms with Gasteiger partial charge in [0.15, 0.2) is 0 Å². The molecular formula is C17H18O2. The lowest BCUT2D eigenvalue weighted by Gasteiger charge is -2.20. The first-order chi connectivity index (χ1) is 8.88. The van der Waals surface area contributed by atoms with Crippen molar-refractivity contribution in [2.75, 3.05) is 0 Å². The highest BCUT2D eigenvalue weighted by Crippen LogP contribution is 2.29. The van der Waals surface area contributed by atoms with Gasteiger partial charge in [-0.3, -0.25) is 0 Å². The Balaban J connectivity index is 2.62. The van der Waals surface area contributed by atoms with Gasteiger partial charge in [0.1, 0.15) is 0 Å². The molecule has 2 nitrogen and oxygen atoms in total. The Bertz CT molecular complexity index is 592. The molecule has 0 amide bonds. The zero-order valence-electron chi connectivity index (χ0n) is 11.5. The molecule has 0 fully saturated rings. The summed E-state index contributed by atoms with van der Waals surface area (Å²) in [6, 6.07) is 15.4. The molecule has 19 heavy (non-hydrogen) atoms. The van der Waals surface area contributed by atoms with Gasteiger partial charge in [-0.1, -0.05) is 57.2 Å². The van der Waals surface area contributed by atoms with Crippen LogP contribution in [0.3, 0.4) is 0 Å². The summed E-state index contributed by atoms with van der Waals surface area (Å²) in [7, 11) is 0. The maximum atomic E-state index is 11.3. The quantitative estimate of drug-likeness (QED) is 0.865. The Kier molecular flexibility index (Phi) is 3.43. The number of rotatable bonds is 2. The van der Waals surface area contributed by atoms with Gasteiger partial charge in [0.2, 0.25) is 0 Å². The van der Waals surface area contributed by atoms with Crippen LogP contribution in [0.4, 0.5) is 0 Å². The summed E-state index contributed by atoms with van der Waals surface area (Å²) < 4.78 is 0. The average molecular weight is 254 g/mol. The second-order valence-electron chi connectivity index (χ2n) is 5.72. The van der Waals surface area contributed by atoms with Crippen molar-refractivity contribution in [2.24, 2.45) is 0 Å². The standard InChI is InChI=1S/C17H18O2/c1-17(2,3)15-10-13(9-14(11-15)16(18)19)12-7-5-4-6-8-12/h4-11H,1-3H3,(H,18,19). The molecule has 0 unspecified atom stereocenters. The first kappa shape index (κ1) is 13.3. The number of hydrogen-bond donors (Lipinski definition) is 1. The lowest BCUT2D eigenvalue weighted by atomic mass is 9.84. The zero-order valence-corrected chi connectivity index (χ0v) is 11.5. The number of benzene rings is 2. The third kappa shape index (κ3) is 3.02. The summed E-state index contributed by atoms with van der Waals surface area (Å²) in [5.74, 6) is -0.886. The van der Waals surface area contributed by atoms with Gasteiger partial charge in [-0.15, -0.1) is 0 Å². The van der Waals surface area contributed by atoms with E-state index in [0.717, 1.165) is 16.7 Å². The summed E-state index contributed by atoms with van der Waals surface area (Å²) in [4.78, 5) is 11.3. The van der Waals surface area contributed by atoms with E-state index >= 15 is 0 Å². The van der Waals surface area contributed by atoms with Crippen LogP contribution in [-0.4, -0.2) is 11.1 Å². The van der Waals surface area contributed by atoms with E-state index in [4.69, 9.17) is 0 Å². The highest BCUT2D eigenvalue weighted by atomic mass is 16.4. The van der Waals surface area contributed by atoms with Crippen molar-refractivity contribution in [3.63, 3.8) is 0 Å². The van der Waals surface area contributed by atoms with Crippen LogP contribution in [0.1, 0.15) is 36.7 Å². The summed E-state index contributed by atoms with van der Waals surface area (Å²) in [5.41, 5.74) is 3.29. The van der Waals surface area contributed by atoms with Gasteiger partial charge in [-0.05, 0) is 34.2 Å². The van der Waals surface area contributed by atoms with Crippen LogP contribution in [0.25, 0.3) is 11.1 Å². The molecule has 0 atom stereocenters. The minimum Gasteiger partial charge on any atom is -0.478 e. The van der Waals surface area contributed by atoms with Gasteiger partial charge in [-0.2, -0.15) is 0 Å². The van der Waals surface area contributed by atoms with E-state index in [2.05, 4.69) is 26.8 Å². The predicted octanol–water partition coefficient (Wildman–Crippen LogP) is 4.35. The van der Waals surface area contributed by atoms with Gasteiger partial charge in [0.05, 0.1) is 5.56 Å². The van der Waals surface area contributed by atoms with E-state index in [0.29, 0.717) is 5.56 Å². The van der Waals surface area contributed by atoms with E-state index in [1.165, 1.54) is 0 Å². The van der Waals surface area contributed by atoms with E-state index in [-0.39, 0.29) is 5.41 Å². The number of carboxylic acids is 1. The molecule has 2 rings (SSSR count). The summed E-state index contributed by atoms with van der Waals surface area (Å²) in [6.45, 7) is 6.26. The Hall–Kier alpha value is -2.09. The maximum absolute atomic E-state index is 11.3. The van der Waals surface area contributed by atoms with Crippen molar-refractivity contribution in [1.29, 1.82) is 0 Å². The van der Waals surface area contributed by atoms with Crippen molar-refractivity contribution >= 4 is 5.97 Å². The molecular weight excluding hydrogens is 236 g/mol. The fourth-order valence-corrected chi connectivity index (χ4v) is 1.98. The molecule has 0 aliphatic rings. The molecule has 1 N–H and O–H groups in total. The molecule has 2 aromatic rings. The van der Waals surface area contributed by atoms with E-state index < -0.39 is 5.97 Å². The largest absolute Gasteiger partial charge is 0.478 e. The number of aromatic carboxylic acids is 1. The first-order valence-corrected chi connectivity index (χ1v) is 6.32. The normalized spacial score (nSPS) is 11.3. The average Bonchev–Trinajstić information content (AvgIpc) is 2.38. The fourth-order valence-electron chi connectivity index (χ4n) is 1.98. The molecule has 98 valence electrons. The molecule has 0 bridgehead atoms. The lowest BCUT2D eigenvalue weighted by Crippen LogP contribution is -2.12. The molecule has 0 aromatic heterocycles. The Morgan fingerprint density at radius 3 is 2.11 bits per heavy atom. The van der Waals surface area contributed by atoms with E-state index in [9.17, 15) is 9.90 Å². The van der Waals surface area contributed by atoms with Crippen molar-refractivity contribution in [1.82, 2.24) is 0 Å². The molecule has 0 saturated carbocycles. The molecule has 0 spiro atoms. The Morgan fingerprint density at radius 1 is 0.947 bits per heavy atom. The van der Waals surface area contributed by atoms with Crippen LogP contribution in [0.5, 0.6) is 0 Å². The van der Waals surface area contributed by atoms with Crippen molar-refractivity contribution in [2.45, 2.75) is 26.2 Å². The number of carbonyl (C=O) groups is 1. The SMILES string of the molecule is CC(C)(C)c1cc(C(=O)O)cc(-c2ccccc2)c1. The smallest absolute Gasteiger partial charge is 0.335 e. The van der Waals surface area contributed by atoms with Crippen molar-refractivity contribution in [3.05, 3.63) is 59.7 Å². The maximum Gasteiger partial charge on any atom is 0.335 e. The van der Waals surface area contributed by atoms with Gasteiger partial charge >= 0.3 is 5.97 Å². The highest BCUT2D eigenvalue weighted by Gasteiger charge is 2.17. The number of carboxylic acid groups (broad SMARTS) is 1. The molecule has 0 radical (unpaired) electrons. The van der Waals surface area contributed by atoms with Gasteiger partial charge in [0.25, 0.3) is 0 Å². The fraction of sp³-hybridized carbons (Fsp3) is 0.235. The van der Waals surface area contributed by atoms with E-state index in [1.54, 1.807) is 12.1 Å². The Morgan fingerprint density at radius 2 is 1.58 bits per heavy atom. The van der Waals surface area contributed by atoms with Crippen LogP contribution in [0, 0.1) is 0 Å². The van der Waals surface area contributed by atoms with Gasteiger partial charge in [-0.25, -0.2) is 4.79 Å². The first-order valence-electron chi connectivity index (χ1n) is 6.32. The highest BCUT2D eigenvalue weighted by molar-refractivity contribution is 5.90. The van der Waals surface area contributed by atoms with Gasteiger partial charge in [0, 0.05) is 0 Å². The third-order valence-corrected chi connectivity index (χ3v) is 3.15. The summed E-state index contributed by atoms with van der Waals surface area (Å²) in [5, 5.41) is 9.25. The second-order valence-corrected chi connectivity index (χ2v) is 5.72. The minimum atomic E-state index is -0.886. The number of hydrogen-bond acceptors (Lipinski definition) is 1. The van der Waals surface area contributed by atoms with E-state index in [1.807, 2.05) is 30.3 Å². The lowest BCUT2D eigenvalue weighted by molar-refractivity contribution is 0.0697. The molecule has 0 saturated heterocycles. The summed E-state index contributed by atoms with van der Waals surface area (Å²) >= 11 is 0. The topological polar surface area (TPSA) is 37.3 Å². The second kappa shape index (κ2) is 4.88. The molecule has 2 heteroatoms. The predicted molar refractivity (Wildman–Crippen MR) is 77.5 cm³/mol. The molecule has 0 aliphatic heterocycles. The van der Waals surface area contributed by atoms with Crippen molar-refractivity contribution < 1.29 is 9.90 Å². The molecule has 2 aromatic carbocycles. The monoisotopic (exact) mass is 254 g/mol. The zero-order chi connectivity index (χ0) is 14.0. The third-order valence-electron chi connectivity index (χ3n) is 3.15. The van der Waals surface area contributed by atoms with Crippen LogP contribution < -0.4 is 0 Å². The molecule has 0 heterocycles. The van der Waals surface area contributed by atoms with Gasteiger partial charge < -0.3 is 5.11 Å². The minimum absolute atomic E-state index is 0.0744. The van der Waals surface area contributed by atoms with Crippen LogP contribution >= 0.6 is 0 Å². The van der Waals surface area contributed by atoms with Crippen molar-refractivity contribution in [3.8, 4) is 11.1 Å².